The number of halogens is 3. The number of allylic oxidation sites excluding steroid dienone is 4. The molecule has 0 saturated carbocycles. The highest BCUT2D eigenvalue weighted by molar-refractivity contribution is 5.35. The first kappa shape index (κ1) is 24.7. The van der Waals surface area contributed by atoms with Crippen molar-refractivity contribution < 1.29 is 22.6 Å². The van der Waals surface area contributed by atoms with Gasteiger partial charge < -0.3 is 9.47 Å². The smallest absolute Gasteiger partial charge is 0.130 e. The molecule has 34 heavy (non-hydrogen) atoms. The third-order valence-corrected chi connectivity index (χ3v) is 5.02. The Morgan fingerprint density at radius 2 is 1.44 bits per heavy atom. The monoisotopic (exact) mass is 463 g/mol. The van der Waals surface area contributed by atoms with E-state index in [2.05, 4.69) is 0 Å². The number of benzene rings is 3. The van der Waals surface area contributed by atoms with Gasteiger partial charge in [-0.25, -0.2) is 13.2 Å². The maximum absolute atomic E-state index is 14.6. The molecule has 3 aromatic rings. The van der Waals surface area contributed by atoms with Crippen LogP contribution in [0.3, 0.4) is 0 Å². The van der Waals surface area contributed by atoms with Gasteiger partial charge in [0.2, 0.25) is 0 Å². The molecule has 3 rings (SSSR count). The Labute approximate surface area is 197 Å². The molecular formula is C28H24F3NO2. The Balaban J connectivity index is 1.59. The molecule has 0 aliphatic carbocycles. The molecule has 0 N–H and O–H groups in total. The minimum atomic E-state index is -0.421. The van der Waals surface area contributed by atoms with Crippen LogP contribution in [0.4, 0.5) is 13.2 Å². The van der Waals surface area contributed by atoms with Gasteiger partial charge in [0.1, 0.15) is 30.6 Å². The van der Waals surface area contributed by atoms with E-state index in [0.717, 1.165) is 0 Å². The lowest BCUT2D eigenvalue weighted by atomic mass is 10.0. The largest absolute Gasteiger partial charge is 0.493 e. The zero-order valence-electron chi connectivity index (χ0n) is 18.9. The average molecular weight is 463 g/mol. The van der Waals surface area contributed by atoms with Gasteiger partial charge in [-0.05, 0) is 79.9 Å². The SMILES string of the molecule is CC(F)=CC=C(C)OCc1ccc(Cc2ccc(COc3ccc(C#N)cc3)c(F)c2)cc1F. The average Bonchev–Trinajstić information content (AvgIpc) is 2.82. The van der Waals surface area contributed by atoms with Crippen molar-refractivity contribution in [3.63, 3.8) is 0 Å². The van der Waals surface area contributed by atoms with E-state index in [1.54, 1.807) is 55.5 Å². The van der Waals surface area contributed by atoms with E-state index in [-0.39, 0.29) is 19.0 Å². The number of rotatable bonds is 9. The van der Waals surface area contributed by atoms with Crippen molar-refractivity contribution in [2.45, 2.75) is 33.5 Å². The molecule has 0 radical (unpaired) electrons. The van der Waals surface area contributed by atoms with Crippen LogP contribution in [-0.4, -0.2) is 0 Å². The third-order valence-electron chi connectivity index (χ3n) is 5.02. The lowest BCUT2D eigenvalue weighted by Crippen LogP contribution is -2.01. The summed E-state index contributed by atoms with van der Waals surface area (Å²) in [6.07, 6.45) is 3.12. The summed E-state index contributed by atoms with van der Waals surface area (Å²) in [6.45, 7) is 3.07. The summed E-state index contributed by atoms with van der Waals surface area (Å²) in [6, 6.07) is 18.3. The van der Waals surface area contributed by atoms with Crippen molar-refractivity contribution in [3.05, 3.63) is 124 Å². The van der Waals surface area contributed by atoms with Gasteiger partial charge in [0, 0.05) is 11.1 Å². The van der Waals surface area contributed by atoms with E-state index in [4.69, 9.17) is 14.7 Å². The molecular weight excluding hydrogens is 439 g/mol. The summed E-state index contributed by atoms with van der Waals surface area (Å²) >= 11 is 0. The van der Waals surface area contributed by atoms with Crippen molar-refractivity contribution in [1.29, 1.82) is 5.26 Å². The Morgan fingerprint density at radius 3 is 1.97 bits per heavy atom. The van der Waals surface area contributed by atoms with Gasteiger partial charge >= 0.3 is 0 Å². The van der Waals surface area contributed by atoms with Gasteiger partial charge in [-0.3, -0.25) is 0 Å². The van der Waals surface area contributed by atoms with E-state index in [1.807, 2.05) is 6.07 Å². The van der Waals surface area contributed by atoms with Crippen LogP contribution in [0, 0.1) is 23.0 Å². The summed E-state index contributed by atoms with van der Waals surface area (Å²) in [5.74, 6) is -0.158. The Hall–Kier alpha value is -3.98. The molecule has 0 aliphatic rings. The highest BCUT2D eigenvalue weighted by Crippen LogP contribution is 2.20. The number of nitriles is 1. The fraction of sp³-hybridized carbons (Fsp3) is 0.179. The van der Waals surface area contributed by atoms with Gasteiger partial charge in [-0.1, -0.05) is 24.3 Å². The highest BCUT2D eigenvalue weighted by Gasteiger charge is 2.09. The van der Waals surface area contributed by atoms with Crippen molar-refractivity contribution >= 4 is 0 Å². The fourth-order valence-electron chi connectivity index (χ4n) is 3.13. The molecule has 0 heterocycles. The maximum atomic E-state index is 14.6. The Morgan fingerprint density at radius 1 is 0.853 bits per heavy atom. The van der Waals surface area contributed by atoms with E-state index >= 15 is 0 Å². The first-order valence-corrected chi connectivity index (χ1v) is 10.6. The second-order valence-corrected chi connectivity index (χ2v) is 7.77. The summed E-state index contributed by atoms with van der Waals surface area (Å²) in [7, 11) is 0. The predicted molar refractivity (Wildman–Crippen MR) is 125 cm³/mol. The van der Waals surface area contributed by atoms with E-state index in [9.17, 15) is 13.2 Å². The minimum Gasteiger partial charge on any atom is -0.493 e. The van der Waals surface area contributed by atoms with Crippen molar-refractivity contribution in [2.75, 3.05) is 0 Å². The number of hydrogen-bond acceptors (Lipinski definition) is 3. The zero-order chi connectivity index (χ0) is 24.5. The third kappa shape index (κ3) is 7.28. The second-order valence-electron chi connectivity index (χ2n) is 7.77. The van der Waals surface area contributed by atoms with Crippen LogP contribution in [0.5, 0.6) is 5.75 Å². The predicted octanol–water partition coefficient (Wildman–Crippen LogP) is 7.30. The van der Waals surface area contributed by atoms with Crippen LogP contribution in [0.2, 0.25) is 0 Å². The van der Waals surface area contributed by atoms with Crippen molar-refractivity contribution in [3.8, 4) is 11.8 Å². The summed E-state index contributed by atoms with van der Waals surface area (Å²) in [5.41, 5.74) is 2.69. The molecule has 0 atom stereocenters. The molecule has 0 amide bonds. The lowest BCUT2D eigenvalue weighted by Gasteiger charge is -2.10. The van der Waals surface area contributed by atoms with Crippen LogP contribution >= 0.6 is 0 Å². The summed E-state index contributed by atoms with van der Waals surface area (Å²) in [5, 5.41) is 8.83. The first-order valence-electron chi connectivity index (χ1n) is 10.6. The van der Waals surface area contributed by atoms with Gasteiger partial charge in [-0.15, -0.1) is 0 Å². The molecule has 3 nitrogen and oxygen atoms in total. The molecule has 0 fully saturated rings. The number of ether oxygens (including phenoxy) is 2. The molecule has 174 valence electrons. The topological polar surface area (TPSA) is 42.2 Å². The van der Waals surface area contributed by atoms with Crippen LogP contribution in [-0.2, 0) is 24.4 Å². The normalized spacial score (nSPS) is 11.8. The Bertz CT molecular complexity index is 1240. The molecule has 0 bridgehead atoms. The maximum Gasteiger partial charge on any atom is 0.130 e. The Kier molecular flexibility index (Phi) is 8.53. The van der Waals surface area contributed by atoms with E-state index < -0.39 is 11.6 Å². The summed E-state index contributed by atoms with van der Waals surface area (Å²) < 4.78 is 52.8. The van der Waals surface area contributed by atoms with E-state index in [0.29, 0.717) is 45.7 Å². The van der Waals surface area contributed by atoms with Gasteiger partial charge in [0.05, 0.1) is 23.2 Å². The second kappa shape index (κ2) is 11.8. The number of hydrogen-bond donors (Lipinski definition) is 0. The molecule has 0 unspecified atom stereocenters. The minimum absolute atomic E-state index is 0.0240. The van der Waals surface area contributed by atoms with Crippen molar-refractivity contribution in [2.24, 2.45) is 0 Å². The molecule has 0 aliphatic heterocycles. The molecule has 0 saturated heterocycles. The van der Waals surface area contributed by atoms with Gasteiger partial charge in [0.25, 0.3) is 0 Å². The van der Waals surface area contributed by atoms with Crippen LogP contribution in [0.1, 0.15) is 41.7 Å². The van der Waals surface area contributed by atoms with Crippen LogP contribution in [0.25, 0.3) is 0 Å². The first-order chi connectivity index (χ1) is 16.3. The lowest BCUT2D eigenvalue weighted by molar-refractivity contribution is 0.197. The molecule has 0 aromatic heterocycles. The van der Waals surface area contributed by atoms with Gasteiger partial charge in [0.15, 0.2) is 0 Å². The molecule has 6 heteroatoms. The molecule has 3 aromatic carbocycles. The van der Waals surface area contributed by atoms with Crippen molar-refractivity contribution in [1.82, 2.24) is 0 Å². The summed E-state index contributed by atoms with van der Waals surface area (Å²) in [4.78, 5) is 0. The quantitative estimate of drug-likeness (QED) is 0.247. The van der Waals surface area contributed by atoms with Crippen LogP contribution in [0.15, 0.2) is 84.4 Å². The van der Waals surface area contributed by atoms with E-state index in [1.165, 1.54) is 31.2 Å². The standard InChI is InChI=1S/C28H24F3NO2/c1-19(29)3-4-20(2)33-17-24-9-5-22(14-27(24)30)13-23-6-10-25(28(31)15-23)18-34-26-11-7-21(16-32)8-12-26/h3-12,14-15H,13,17-18H2,1-2H3. The van der Waals surface area contributed by atoms with Crippen LogP contribution < -0.4 is 4.74 Å². The highest BCUT2D eigenvalue weighted by atomic mass is 19.1. The number of nitrogens with zero attached hydrogens (tertiary/aromatic N) is 1. The zero-order valence-corrected chi connectivity index (χ0v) is 18.9. The van der Waals surface area contributed by atoms with Gasteiger partial charge in [-0.2, -0.15) is 5.26 Å². The fourth-order valence-corrected chi connectivity index (χ4v) is 3.13. The molecule has 0 spiro atoms.